The third kappa shape index (κ3) is 3.12. The Labute approximate surface area is 163 Å². The summed E-state index contributed by atoms with van der Waals surface area (Å²) in [4.78, 5) is 5.93. The van der Waals surface area contributed by atoms with E-state index in [1.165, 1.54) is 22.2 Å². The van der Waals surface area contributed by atoms with Crippen molar-refractivity contribution in [2.45, 2.75) is 32.1 Å². The fourth-order valence-corrected chi connectivity index (χ4v) is 4.40. The van der Waals surface area contributed by atoms with Gasteiger partial charge in [-0.25, -0.2) is 0 Å². The van der Waals surface area contributed by atoms with E-state index in [9.17, 15) is 18.4 Å². The maximum atomic E-state index is 13.6. The summed E-state index contributed by atoms with van der Waals surface area (Å²) in [5.41, 5.74) is 1.29. The second kappa shape index (κ2) is 6.91. The molecular weight excluding hydrogens is 385 g/mol. The zero-order chi connectivity index (χ0) is 19.9. The molecule has 1 aliphatic rings. The van der Waals surface area contributed by atoms with Crippen LogP contribution in [-0.4, -0.2) is 16.0 Å². The fourth-order valence-electron chi connectivity index (χ4n) is 3.46. The van der Waals surface area contributed by atoms with Crippen molar-refractivity contribution in [3.63, 3.8) is 0 Å². The number of aliphatic imine (C=N–C) groups is 1. The first-order valence-corrected chi connectivity index (χ1v) is 9.50. The van der Waals surface area contributed by atoms with Crippen LogP contribution in [0, 0.1) is 11.3 Å². The number of rotatable bonds is 3. The molecular formula is C20H15F3N4S. The van der Waals surface area contributed by atoms with Crippen LogP contribution in [0.4, 0.5) is 13.2 Å². The SMILES string of the molecule is CCn1cc(-c2ccccc2[C@@H]2C=NCc3sc(C#N)cc32)c(C(F)(F)F)n1. The molecule has 1 aliphatic heterocycles. The van der Waals surface area contributed by atoms with E-state index in [4.69, 9.17) is 0 Å². The zero-order valence-electron chi connectivity index (χ0n) is 14.9. The monoisotopic (exact) mass is 400 g/mol. The van der Waals surface area contributed by atoms with Crippen molar-refractivity contribution in [3.05, 3.63) is 63.1 Å². The van der Waals surface area contributed by atoms with Gasteiger partial charge in [0.2, 0.25) is 0 Å². The molecule has 4 rings (SSSR count). The van der Waals surface area contributed by atoms with Crippen LogP contribution in [-0.2, 0) is 19.3 Å². The first kappa shape index (κ1) is 18.4. The molecule has 0 amide bonds. The standard InChI is InChI=1S/C20H15F3N4S/c1-2-27-11-17(19(26-27)20(21,22)23)14-6-4-3-5-13(14)16-9-25-10-18-15(16)7-12(8-24)28-18/h3-7,9,11,16H,2,10H2,1H3/t16-/m0/s1. The average molecular weight is 400 g/mol. The van der Waals surface area contributed by atoms with Gasteiger partial charge < -0.3 is 0 Å². The molecule has 0 radical (unpaired) electrons. The van der Waals surface area contributed by atoms with Crippen LogP contribution >= 0.6 is 11.3 Å². The Hall–Kier alpha value is -2.92. The molecule has 0 spiro atoms. The summed E-state index contributed by atoms with van der Waals surface area (Å²) in [6, 6.07) is 11.0. The smallest absolute Gasteiger partial charge is 0.291 e. The Morgan fingerprint density at radius 2 is 2.04 bits per heavy atom. The van der Waals surface area contributed by atoms with E-state index in [0.29, 0.717) is 23.5 Å². The maximum absolute atomic E-state index is 13.6. The van der Waals surface area contributed by atoms with Gasteiger partial charge in [0.1, 0.15) is 10.9 Å². The summed E-state index contributed by atoms with van der Waals surface area (Å²) >= 11 is 1.38. The maximum Gasteiger partial charge on any atom is 0.435 e. The van der Waals surface area contributed by atoms with E-state index in [1.807, 2.05) is 12.1 Å². The number of thiophene rings is 1. The van der Waals surface area contributed by atoms with Gasteiger partial charge in [0, 0.05) is 35.3 Å². The molecule has 4 nitrogen and oxygen atoms in total. The molecule has 2 aromatic heterocycles. The highest BCUT2D eigenvalue weighted by Gasteiger charge is 2.38. The lowest BCUT2D eigenvalue weighted by Crippen LogP contribution is -2.11. The van der Waals surface area contributed by atoms with Crippen LogP contribution in [0.1, 0.15) is 39.4 Å². The third-order valence-electron chi connectivity index (χ3n) is 4.72. The molecule has 28 heavy (non-hydrogen) atoms. The summed E-state index contributed by atoms with van der Waals surface area (Å²) in [5.74, 6) is -0.302. The minimum absolute atomic E-state index is 0.0567. The highest BCUT2D eigenvalue weighted by atomic mass is 32.1. The first-order valence-electron chi connectivity index (χ1n) is 8.69. The lowest BCUT2D eigenvalue weighted by atomic mass is 9.85. The molecule has 0 unspecified atom stereocenters. The van der Waals surface area contributed by atoms with Crippen molar-refractivity contribution in [3.8, 4) is 17.2 Å². The molecule has 3 aromatic rings. The van der Waals surface area contributed by atoms with Crippen LogP contribution < -0.4 is 0 Å². The number of hydrogen-bond acceptors (Lipinski definition) is 4. The molecule has 3 heterocycles. The number of alkyl halides is 3. The van der Waals surface area contributed by atoms with Gasteiger partial charge in [-0.15, -0.1) is 11.3 Å². The molecule has 0 saturated heterocycles. The minimum Gasteiger partial charge on any atom is -0.291 e. The summed E-state index contributed by atoms with van der Waals surface area (Å²) in [6.07, 6.45) is -1.35. The summed E-state index contributed by atoms with van der Waals surface area (Å²) in [5, 5.41) is 13.0. The highest BCUT2D eigenvalue weighted by Crippen LogP contribution is 2.42. The Kier molecular flexibility index (Phi) is 4.55. The lowest BCUT2D eigenvalue weighted by molar-refractivity contribution is -0.141. The van der Waals surface area contributed by atoms with E-state index < -0.39 is 11.9 Å². The van der Waals surface area contributed by atoms with Gasteiger partial charge in [0.05, 0.1) is 6.54 Å². The zero-order valence-corrected chi connectivity index (χ0v) is 15.7. The fraction of sp³-hybridized carbons (Fsp3) is 0.250. The van der Waals surface area contributed by atoms with E-state index >= 15 is 0 Å². The number of nitrogens with zero attached hydrogens (tertiary/aromatic N) is 4. The summed E-state index contributed by atoms with van der Waals surface area (Å²) in [6.45, 7) is 2.58. The van der Waals surface area contributed by atoms with Crippen molar-refractivity contribution in [2.75, 3.05) is 0 Å². The van der Waals surface area contributed by atoms with Crippen molar-refractivity contribution >= 4 is 17.6 Å². The Morgan fingerprint density at radius 1 is 1.25 bits per heavy atom. The summed E-state index contributed by atoms with van der Waals surface area (Å²) < 4.78 is 42.1. The van der Waals surface area contributed by atoms with Crippen molar-refractivity contribution < 1.29 is 13.2 Å². The average Bonchev–Trinajstić information content (AvgIpc) is 3.31. The van der Waals surface area contributed by atoms with Crippen LogP contribution in [0.3, 0.4) is 0 Å². The van der Waals surface area contributed by atoms with Crippen LogP contribution in [0.25, 0.3) is 11.1 Å². The molecule has 0 fully saturated rings. The number of benzene rings is 1. The lowest BCUT2D eigenvalue weighted by Gasteiger charge is -2.20. The van der Waals surface area contributed by atoms with Gasteiger partial charge in [-0.3, -0.25) is 9.67 Å². The predicted molar refractivity (Wildman–Crippen MR) is 101 cm³/mol. The Balaban J connectivity index is 1.90. The number of aryl methyl sites for hydroxylation is 1. The second-order valence-corrected chi connectivity index (χ2v) is 7.54. The second-order valence-electron chi connectivity index (χ2n) is 6.40. The molecule has 0 bridgehead atoms. The van der Waals surface area contributed by atoms with Crippen molar-refractivity contribution in [1.82, 2.24) is 9.78 Å². The molecule has 1 aromatic carbocycles. The van der Waals surface area contributed by atoms with Gasteiger partial charge >= 0.3 is 6.18 Å². The third-order valence-corrected chi connectivity index (χ3v) is 5.76. The van der Waals surface area contributed by atoms with Crippen LogP contribution in [0.5, 0.6) is 0 Å². The Morgan fingerprint density at radius 3 is 2.75 bits per heavy atom. The first-order chi connectivity index (χ1) is 13.4. The van der Waals surface area contributed by atoms with Crippen molar-refractivity contribution in [1.29, 1.82) is 5.26 Å². The predicted octanol–water partition coefficient (Wildman–Crippen LogP) is 5.24. The molecule has 1 atom stereocenters. The van der Waals surface area contributed by atoms with E-state index in [-0.39, 0.29) is 11.5 Å². The van der Waals surface area contributed by atoms with Gasteiger partial charge in [0.15, 0.2) is 5.69 Å². The molecule has 0 aliphatic carbocycles. The molecule has 0 saturated carbocycles. The molecule has 8 heteroatoms. The number of halogens is 3. The molecule has 0 N–H and O–H groups in total. The largest absolute Gasteiger partial charge is 0.435 e. The summed E-state index contributed by atoms with van der Waals surface area (Å²) in [7, 11) is 0. The van der Waals surface area contributed by atoms with E-state index in [0.717, 1.165) is 16.0 Å². The number of hydrogen-bond donors (Lipinski definition) is 0. The van der Waals surface area contributed by atoms with Crippen LogP contribution in [0.2, 0.25) is 0 Å². The normalized spacial score (nSPS) is 16.0. The minimum atomic E-state index is -4.55. The van der Waals surface area contributed by atoms with Gasteiger partial charge in [-0.2, -0.15) is 23.5 Å². The quantitative estimate of drug-likeness (QED) is 0.604. The van der Waals surface area contributed by atoms with Crippen LogP contribution in [0.15, 0.2) is 41.5 Å². The highest BCUT2D eigenvalue weighted by molar-refractivity contribution is 7.12. The Bertz CT molecular complexity index is 1100. The van der Waals surface area contributed by atoms with E-state index in [1.54, 1.807) is 31.3 Å². The van der Waals surface area contributed by atoms with Crippen molar-refractivity contribution in [2.24, 2.45) is 4.99 Å². The topological polar surface area (TPSA) is 54.0 Å². The number of aromatic nitrogens is 2. The number of fused-ring (bicyclic) bond motifs is 1. The van der Waals surface area contributed by atoms with Gasteiger partial charge in [-0.1, -0.05) is 24.3 Å². The van der Waals surface area contributed by atoms with E-state index in [2.05, 4.69) is 16.2 Å². The van der Waals surface area contributed by atoms with Gasteiger partial charge in [0.25, 0.3) is 0 Å². The number of nitriles is 1. The molecule has 142 valence electrons. The van der Waals surface area contributed by atoms with Gasteiger partial charge in [-0.05, 0) is 29.7 Å².